The Kier molecular flexibility index (Phi) is 5.83. The molecule has 4 rings (SSSR count). The third-order valence-electron chi connectivity index (χ3n) is 6.11. The average molecular weight is 383 g/mol. The Morgan fingerprint density at radius 1 is 1.25 bits per heavy atom. The second kappa shape index (κ2) is 8.50. The van der Waals surface area contributed by atoms with Gasteiger partial charge in [0.25, 0.3) is 0 Å². The average Bonchev–Trinajstić information content (AvgIpc) is 3.19. The molecule has 28 heavy (non-hydrogen) atoms. The number of piperidine rings is 1. The summed E-state index contributed by atoms with van der Waals surface area (Å²) < 4.78 is 10.8. The summed E-state index contributed by atoms with van der Waals surface area (Å²) >= 11 is 0. The first-order chi connectivity index (χ1) is 13.6. The minimum absolute atomic E-state index is 0.518. The molecule has 0 saturated carbocycles. The normalized spacial score (nSPS) is 22.3. The van der Waals surface area contributed by atoms with Crippen LogP contribution in [0.15, 0.2) is 47.0 Å². The van der Waals surface area contributed by atoms with E-state index < -0.39 is 5.60 Å². The van der Waals surface area contributed by atoms with E-state index in [2.05, 4.69) is 22.2 Å². The van der Waals surface area contributed by atoms with E-state index in [1.165, 1.54) is 19.3 Å². The minimum Gasteiger partial charge on any atom is -0.497 e. The molecule has 0 amide bonds. The van der Waals surface area contributed by atoms with E-state index >= 15 is 0 Å². The van der Waals surface area contributed by atoms with Crippen molar-refractivity contribution in [2.24, 2.45) is 5.92 Å². The summed E-state index contributed by atoms with van der Waals surface area (Å²) in [5.41, 5.74) is 1.03. The Labute approximate surface area is 167 Å². The van der Waals surface area contributed by atoms with Crippen molar-refractivity contribution in [1.29, 1.82) is 0 Å². The van der Waals surface area contributed by atoms with E-state index in [-0.39, 0.29) is 0 Å². The van der Waals surface area contributed by atoms with Crippen LogP contribution in [-0.4, -0.2) is 47.5 Å². The van der Waals surface area contributed by atoms with E-state index in [9.17, 15) is 5.11 Å². The molecular weight excluding hydrogens is 352 g/mol. The van der Waals surface area contributed by atoms with Gasteiger partial charge in [-0.3, -0.25) is 0 Å². The zero-order valence-electron chi connectivity index (χ0n) is 16.6. The number of rotatable bonds is 6. The fourth-order valence-corrected chi connectivity index (χ4v) is 4.35. The fourth-order valence-electron chi connectivity index (χ4n) is 4.35. The first-order valence-electron chi connectivity index (χ1n) is 10.3. The summed E-state index contributed by atoms with van der Waals surface area (Å²) in [6, 6.07) is 9.71. The summed E-state index contributed by atoms with van der Waals surface area (Å²) in [6.07, 6.45) is 10.4. The molecule has 1 aromatic carbocycles. The highest BCUT2D eigenvalue weighted by Gasteiger charge is 2.34. The maximum absolute atomic E-state index is 11.1. The van der Waals surface area contributed by atoms with Gasteiger partial charge in [0.2, 0.25) is 0 Å². The van der Waals surface area contributed by atoms with Gasteiger partial charge in [-0.25, -0.2) is 0 Å². The van der Waals surface area contributed by atoms with Gasteiger partial charge in [0.05, 0.1) is 12.7 Å². The number of benzene rings is 1. The fraction of sp³-hybridized carbons (Fsp3) is 0.522. The Balaban J connectivity index is 1.33. The zero-order chi connectivity index (χ0) is 19.4. The molecule has 1 aliphatic carbocycles. The molecule has 0 bridgehead atoms. The van der Waals surface area contributed by atoms with Gasteiger partial charge in [-0.2, -0.15) is 0 Å². The number of hydrogen-bond acceptors (Lipinski definition) is 5. The molecule has 2 aliphatic rings. The highest BCUT2D eigenvalue weighted by atomic mass is 16.5. The van der Waals surface area contributed by atoms with Crippen LogP contribution in [0.1, 0.15) is 37.9 Å². The lowest BCUT2D eigenvalue weighted by Crippen LogP contribution is -2.46. The second-order valence-electron chi connectivity index (χ2n) is 8.26. The Morgan fingerprint density at radius 2 is 2.11 bits per heavy atom. The molecule has 1 fully saturated rings. The predicted molar refractivity (Wildman–Crippen MR) is 109 cm³/mol. The lowest BCUT2D eigenvalue weighted by atomic mass is 9.86. The van der Waals surface area contributed by atoms with E-state index in [0.717, 1.165) is 61.2 Å². The van der Waals surface area contributed by atoms with Crippen molar-refractivity contribution in [2.75, 3.05) is 26.7 Å². The molecule has 2 heterocycles. The number of hydrogen-bond donors (Lipinski definition) is 1. The molecule has 5 nitrogen and oxygen atoms in total. The lowest BCUT2D eigenvalue weighted by molar-refractivity contribution is -0.0278. The molecule has 1 atom stereocenters. The Bertz CT molecular complexity index is 806. The van der Waals surface area contributed by atoms with Crippen LogP contribution in [0.3, 0.4) is 0 Å². The minimum atomic E-state index is -0.700. The maximum atomic E-state index is 11.1. The summed E-state index contributed by atoms with van der Waals surface area (Å²) in [5.74, 6) is 2.31. The number of ether oxygens (including phenoxy) is 1. The molecule has 150 valence electrons. The third-order valence-corrected chi connectivity index (χ3v) is 6.11. The molecule has 0 radical (unpaired) electrons. The van der Waals surface area contributed by atoms with Crippen LogP contribution < -0.4 is 4.74 Å². The van der Waals surface area contributed by atoms with Gasteiger partial charge in [-0.1, -0.05) is 29.4 Å². The molecule has 1 saturated heterocycles. The van der Waals surface area contributed by atoms with Crippen molar-refractivity contribution in [1.82, 2.24) is 10.1 Å². The largest absolute Gasteiger partial charge is 0.497 e. The molecule has 1 aliphatic heterocycles. The number of aromatic nitrogens is 1. The summed E-state index contributed by atoms with van der Waals surface area (Å²) in [6.45, 7) is 3.06. The van der Waals surface area contributed by atoms with Gasteiger partial charge >= 0.3 is 0 Å². The van der Waals surface area contributed by atoms with Gasteiger partial charge < -0.3 is 19.3 Å². The Hall–Kier alpha value is -2.11. The molecular formula is C23H30N2O3. The van der Waals surface area contributed by atoms with Crippen LogP contribution >= 0.6 is 0 Å². The van der Waals surface area contributed by atoms with Gasteiger partial charge in [0.1, 0.15) is 17.2 Å². The molecule has 5 heteroatoms. The first-order valence-corrected chi connectivity index (χ1v) is 10.3. The van der Waals surface area contributed by atoms with Crippen LogP contribution in [0.2, 0.25) is 0 Å². The van der Waals surface area contributed by atoms with Crippen molar-refractivity contribution in [3.05, 3.63) is 48.2 Å². The Morgan fingerprint density at radius 3 is 2.86 bits per heavy atom. The zero-order valence-corrected chi connectivity index (χ0v) is 16.6. The summed E-state index contributed by atoms with van der Waals surface area (Å²) in [5, 5.41) is 15.3. The van der Waals surface area contributed by atoms with Crippen LogP contribution in [0, 0.1) is 5.92 Å². The predicted octanol–water partition coefficient (Wildman–Crippen LogP) is 4.08. The highest BCUT2D eigenvalue weighted by Crippen LogP contribution is 2.30. The van der Waals surface area contributed by atoms with Crippen molar-refractivity contribution in [3.63, 3.8) is 0 Å². The van der Waals surface area contributed by atoms with Gasteiger partial charge in [0, 0.05) is 37.7 Å². The smallest absolute Gasteiger partial charge is 0.140 e. The first kappa shape index (κ1) is 19.2. The third kappa shape index (κ3) is 4.65. The molecule has 1 aromatic heterocycles. The van der Waals surface area contributed by atoms with E-state index in [0.29, 0.717) is 6.42 Å². The van der Waals surface area contributed by atoms with E-state index in [1.54, 1.807) is 7.11 Å². The molecule has 0 spiro atoms. The standard InChI is InChI=1S/C23H30N2O3/c1-27-20-9-5-8-19(14-20)22-15-21(28-24-22)16-23(26)10-12-25(13-11-23)17-18-6-3-2-4-7-18/h2-3,5,8-9,14-15,18,26H,4,6-7,10-13,16-17H2,1H3/t18-/m0/s1. The van der Waals surface area contributed by atoms with Crippen molar-refractivity contribution < 1.29 is 14.4 Å². The topological polar surface area (TPSA) is 58.7 Å². The van der Waals surface area contributed by atoms with Crippen molar-refractivity contribution in [3.8, 4) is 17.0 Å². The number of aliphatic hydroxyl groups is 1. The number of methoxy groups -OCH3 is 1. The van der Waals surface area contributed by atoms with Gasteiger partial charge in [-0.05, 0) is 50.2 Å². The number of allylic oxidation sites excluding steroid dienone is 2. The van der Waals surface area contributed by atoms with Crippen molar-refractivity contribution >= 4 is 0 Å². The van der Waals surface area contributed by atoms with E-state index in [1.807, 2.05) is 30.3 Å². The SMILES string of the molecule is COc1cccc(-c2cc(CC3(O)CCN(C[C@H]4CC=CCC4)CC3)on2)c1. The molecule has 1 N–H and O–H groups in total. The van der Waals surface area contributed by atoms with Crippen molar-refractivity contribution in [2.45, 2.75) is 44.1 Å². The van der Waals surface area contributed by atoms with Gasteiger partial charge in [0.15, 0.2) is 0 Å². The van der Waals surface area contributed by atoms with Gasteiger partial charge in [-0.15, -0.1) is 0 Å². The second-order valence-corrected chi connectivity index (χ2v) is 8.26. The quantitative estimate of drug-likeness (QED) is 0.763. The summed E-state index contributed by atoms with van der Waals surface area (Å²) in [4.78, 5) is 2.51. The van der Waals surface area contributed by atoms with E-state index in [4.69, 9.17) is 9.26 Å². The highest BCUT2D eigenvalue weighted by molar-refractivity contribution is 5.60. The van der Waals surface area contributed by atoms with Crippen LogP contribution in [-0.2, 0) is 6.42 Å². The summed E-state index contributed by atoms with van der Waals surface area (Å²) in [7, 11) is 1.65. The number of nitrogens with zero attached hydrogens (tertiary/aromatic N) is 2. The van der Waals surface area contributed by atoms with Crippen LogP contribution in [0.25, 0.3) is 11.3 Å². The number of likely N-dealkylation sites (tertiary alicyclic amines) is 1. The molecule has 2 aromatic rings. The maximum Gasteiger partial charge on any atom is 0.140 e. The van der Waals surface area contributed by atoms with Crippen LogP contribution in [0.5, 0.6) is 5.75 Å². The molecule has 0 unspecified atom stereocenters. The lowest BCUT2D eigenvalue weighted by Gasteiger charge is -2.39. The van der Waals surface area contributed by atoms with Crippen LogP contribution in [0.4, 0.5) is 0 Å². The monoisotopic (exact) mass is 382 g/mol.